The molecule has 1 fully saturated rings. The third-order valence-electron chi connectivity index (χ3n) is 7.39. The number of aromatic nitrogens is 3. The number of esters is 1. The number of carbonyl (C=O) groups is 2. The van der Waals surface area contributed by atoms with Gasteiger partial charge in [-0.2, -0.15) is 13.2 Å². The van der Waals surface area contributed by atoms with Crippen molar-refractivity contribution in [1.82, 2.24) is 20.3 Å². The van der Waals surface area contributed by atoms with Gasteiger partial charge in [0.05, 0.1) is 25.8 Å². The molecule has 9 nitrogen and oxygen atoms in total. The number of morpholine rings is 1. The molecule has 2 aromatic carbocycles. The Bertz CT molecular complexity index is 1720. The number of carbonyl (C=O) groups excluding carboxylic acids is 2. The minimum absolute atomic E-state index is 0.0816. The Balaban J connectivity index is 1.44. The second-order valence-corrected chi connectivity index (χ2v) is 10.5. The van der Waals surface area contributed by atoms with Gasteiger partial charge >= 0.3 is 12.1 Å². The lowest BCUT2D eigenvalue weighted by molar-refractivity contribution is -0.167. The molecule has 0 unspecified atom stereocenters. The number of pyridine rings is 1. The first-order valence-electron chi connectivity index (χ1n) is 13.9. The Labute approximate surface area is 254 Å². The highest BCUT2D eigenvalue weighted by Crippen LogP contribution is 2.33. The molecule has 0 radical (unpaired) electrons. The summed E-state index contributed by atoms with van der Waals surface area (Å²) in [6.07, 6.45) is -3.28. The Kier molecular flexibility index (Phi) is 8.96. The molecule has 0 spiro atoms. The number of nitrogens with one attached hydrogen (secondary N) is 1. The fourth-order valence-corrected chi connectivity index (χ4v) is 5.35. The van der Waals surface area contributed by atoms with Crippen LogP contribution in [-0.2, 0) is 20.7 Å². The van der Waals surface area contributed by atoms with E-state index in [4.69, 9.17) is 9.47 Å². The number of hydrogen-bond donors (Lipinski definition) is 1. The maximum absolute atomic E-state index is 15.2. The number of nitrogens with zero attached hydrogens (tertiary/aromatic N) is 4. The SMILES string of the molecule is COC(=O)[C@H](Cc1ccc(-c2nc(C)cc(C)n2)c2ncccc12)NC(=O)c1c(F)cc(N2CCOC[C@@H]2C(F)(F)F)cc1F. The van der Waals surface area contributed by atoms with Gasteiger partial charge in [-0.3, -0.25) is 9.78 Å². The van der Waals surface area contributed by atoms with E-state index in [0.717, 1.165) is 23.4 Å². The largest absolute Gasteiger partial charge is 0.467 e. The maximum atomic E-state index is 15.2. The Morgan fingerprint density at radius 1 is 1.09 bits per heavy atom. The molecule has 1 amide bonds. The molecule has 1 saturated heterocycles. The number of ether oxygens (including phenoxy) is 2. The average molecular weight is 630 g/mol. The van der Waals surface area contributed by atoms with Gasteiger partial charge in [0.2, 0.25) is 0 Å². The fraction of sp³-hybridized carbons (Fsp3) is 0.323. The van der Waals surface area contributed by atoms with Crippen molar-refractivity contribution in [2.45, 2.75) is 38.5 Å². The molecule has 5 rings (SSSR count). The van der Waals surface area contributed by atoms with Crippen LogP contribution in [0, 0.1) is 25.5 Å². The fourth-order valence-electron chi connectivity index (χ4n) is 5.35. The Morgan fingerprint density at radius 3 is 2.42 bits per heavy atom. The van der Waals surface area contributed by atoms with Gasteiger partial charge in [-0.25, -0.2) is 23.5 Å². The third kappa shape index (κ3) is 6.70. The number of alkyl halides is 3. The highest BCUT2D eigenvalue weighted by molar-refractivity contribution is 5.98. The standard InChI is InChI=1S/C31H28F5N5O4/c1-16-11-17(2)39-28(38-16)21-7-6-18(20-5-4-8-37-27(20)21)12-24(30(43)44-3)40-29(42)26-22(32)13-19(14-23(26)33)41-9-10-45-15-25(41)31(34,35)36/h4-8,11,13-14,24-25H,9-10,12,15H2,1-3H3,(H,40,42)/t24-,25+/m0/s1. The van der Waals surface area contributed by atoms with Gasteiger partial charge in [0.25, 0.3) is 5.91 Å². The van der Waals surface area contributed by atoms with Crippen LogP contribution in [0.3, 0.4) is 0 Å². The van der Waals surface area contributed by atoms with Crippen LogP contribution in [0.5, 0.6) is 0 Å². The number of aryl methyl sites for hydroxylation is 2. The highest BCUT2D eigenvalue weighted by Gasteiger charge is 2.46. The lowest BCUT2D eigenvalue weighted by atomic mass is 9.97. The molecule has 2 atom stereocenters. The van der Waals surface area contributed by atoms with Crippen LogP contribution < -0.4 is 10.2 Å². The van der Waals surface area contributed by atoms with Crippen molar-refractivity contribution in [3.05, 3.63) is 82.8 Å². The van der Waals surface area contributed by atoms with Crippen LogP contribution in [-0.4, -0.2) is 72.0 Å². The second-order valence-electron chi connectivity index (χ2n) is 10.5. The smallest absolute Gasteiger partial charge is 0.411 e. The van der Waals surface area contributed by atoms with Crippen LogP contribution in [0.25, 0.3) is 22.3 Å². The van der Waals surface area contributed by atoms with Crippen LogP contribution in [0.2, 0.25) is 0 Å². The van der Waals surface area contributed by atoms with E-state index < -0.39 is 59.6 Å². The molecule has 0 aliphatic carbocycles. The molecule has 1 N–H and O–H groups in total. The summed E-state index contributed by atoms with van der Waals surface area (Å²) in [6.45, 7) is 2.62. The summed E-state index contributed by atoms with van der Waals surface area (Å²) >= 11 is 0. The van der Waals surface area contributed by atoms with E-state index in [0.29, 0.717) is 40.0 Å². The predicted molar refractivity (Wildman–Crippen MR) is 154 cm³/mol. The molecule has 4 aromatic rings. The van der Waals surface area contributed by atoms with Crippen molar-refractivity contribution >= 4 is 28.5 Å². The van der Waals surface area contributed by atoms with Crippen molar-refractivity contribution in [2.75, 3.05) is 31.8 Å². The summed E-state index contributed by atoms with van der Waals surface area (Å²) in [7, 11) is 1.09. The van der Waals surface area contributed by atoms with Gasteiger partial charge in [-0.1, -0.05) is 12.1 Å². The summed E-state index contributed by atoms with van der Waals surface area (Å²) < 4.78 is 80.7. The molecule has 45 heavy (non-hydrogen) atoms. The molecule has 0 saturated carbocycles. The minimum Gasteiger partial charge on any atom is -0.467 e. The summed E-state index contributed by atoms with van der Waals surface area (Å²) in [5.74, 6) is -4.52. The molecule has 1 aliphatic rings. The van der Waals surface area contributed by atoms with Crippen LogP contribution in [0.4, 0.5) is 27.6 Å². The lowest BCUT2D eigenvalue weighted by Gasteiger charge is -2.38. The van der Waals surface area contributed by atoms with Gasteiger partial charge in [0, 0.05) is 47.2 Å². The molecular weight excluding hydrogens is 601 g/mol. The van der Waals surface area contributed by atoms with Crippen LogP contribution in [0.15, 0.2) is 48.7 Å². The first kappa shape index (κ1) is 31.7. The minimum atomic E-state index is -4.72. The van der Waals surface area contributed by atoms with E-state index in [1.807, 2.05) is 19.9 Å². The third-order valence-corrected chi connectivity index (χ3v) is 7.39. The number of halogens is 5. The first-order chi connectivity index (χ1) is 21.4. The predicted octanol–water partition coefficient (Wildman–Crippen LogP) is 4.87. The van der Waals surface area contributed by atoms with Crippen molar-refractivity contribution in [2.24, 2.45) is 0 Å². The number of hydrogen-bond acceptors (Lipinski definition) is 8. The Hall–Kier alpha value is -4.72. The van der Waals surface area contributed by atoms with E-state index in [1.54, 1.807) is 30.5 Å². The molecular formula is C31H28F5N5O4. The molecule has 236 valence electrons. The quantitative estimate of drug-likeness (QED) is 0.228. The zero-order chi connectivity index (χ0) is 32.5. The summed E-state index contributed by atoms with van der Waals surface area (Å²) in [6, 6.07) is 6.52. The summed E-state index contributed by atoms with van der Waals surface area (Å²) in [5, 5.41) is 2.94. The molecule has 2 aromatic heterocycles. The number of anilines is 1. The zero-order valence-electron chi connectivity index (χ0n) is 24.4. The summed E-state index contributed by atoms with van der Waals surface area (Å²) in [4.78, 5) is 40.2. The normalized spacial score (nSPS) is 16.0. The van der Waals surface area contributed by atoms with Gasteiger partial charge < -0.3 is 19.7 Å². The first-order valence-corrected chi connectivity index (χ1v) is 13.9. The van der Waals surface area contributed by atoms with Crippen molar-refractivity contribution < 1.29 is 41.0 Å². The van der Waals surface area contributed by atoms with E-state index in [9.17, 15) is 22.8 Å². The van der Waals surface area contributed by atoms with E-state index in [1.165, 1.54) is 0 Å². The highest BCUT2D eigenvalue weighted by atomic mass is 19.4. The monoisotopic (exact) mass is 629 g/mol. The van der Waals surface area contributed by atoms with E-state index >= 15 is 8.78 Å². The number of amides is 1. The zero-order valence-corrected chi connectivity index (χ0v) is 24.4. The van der Waals surface area contributed by atoms with Gasteiger partial charge in [0.1, 0.15) is 29.3 Å². The molecule has 1 aliphatic heterocycles. The molecule has 14 heteroatoms. The maximum Gasteiger partial charge on any atom is 0.411 e. The molecule has 0 bridgehead atoms. The van der Waals surface area contributed by atoms with E-state index in [-0.39, 0.29) is 19.6 Å². The Morgan fingerprint density at radius 2 is 1.78 bits per heavy atom. The summed E-state index contributed by atoms with van der Waals surface area (Å²) in [5.41, 5.74) is 1.79. The van der Waals surface area contributed by atoms with Crippen LogP contribution in [0.1, 0.15) is 27.3 Å². The molecule has 3 heterocycles. The van der Waals surface area contributed by atoms with Gasteiger partial charge in [0.15, 0.2) is 5.82 Å². The van der Waals surface area contributed by atoms with Crippen molar-refractivity contribution in [1.29, 1.82) is 0 Å². The number of benzene rings is 2. The average Bonchev–Trinajstić information content (AvgIpc) is 2.99. The van der Waals surface area contributed by atoms with E-state index in [2.05, 4.69) is 20.3 Å². The van der Waals surface area contributed by atoms with Crippen molar-refractivity contribution in [3.63, 3.8) is 0 Å². The van der Waals surface area contributed by atoms with Crippen LogP contribution >= 0.6 is 0 Å². The lowest BCUT2D eigenvalue weighted by Crippen LogP contribution is -2.53. The second kappa shape index (κ2) is 12.7. The number of methoxy groups -OCH3 is 1. The topological polar surface area (TPSA) is 107 Å². The number of fused-ring (bicyclic) bond motifs is 1. The van der Waals surface area contributed by atoms with Gasteiger partial charge in [-0.05, 0) is 49.7 Å². The van der Waals surface area contributed by atoms with Crippen molar-refractivity contribution in [3.8, 4) is 11.4 Å². The van der Waals surface area contributed by atoms with Gasteiger partial charge in [-0.15, -0.1) is 0 Å². The number of rotatable bonds is 7.